The zero-order valence-electron chi connectivity index (χ0n) is 9.72. The van der Waals surface area contributed by atoms with E-state index in [0.29, 0.717) is 18.4 Å². The molecule has 0 aliphatic carbocycles. The number of ketones is 1. The van der Waals surface area contributed by atoms with Crippen LogP contribution >= 0.6 is 0 Å². The van der Waals surface area contributed by atoms with Gasteiger partial charge in [-0.15, -0.1) is 0 Å². The van der Waals surface area contributed by atoms with Gasteiger partial charge in [0.2, 0.25) is 0 Å². The van der Waals surface area contributed by atoms with Gasteiger partial charge >= 0.3 is 0 Å². The molecule has 0 amide bonds. The smallest absolute Gasteiger partial charge is 0.182 e. The summed E-state index contributed by atoms with van der Waals surface area (Å²) in [5.74, 6) is -0.177. The average molecular weight is 253 g/mol. The number of hydrogen-bond donors (Lipinski definition) is 0. The first kappa shape index (κ1) is 12.2. The monoisotopic (exact) mass is 253 g/mol. The maximum atomic E-state index is 12.1. The minimum absolute atomic E-state index is 0.128. The standard InChI is InChI=1S/C12H15NO3S/c1-9-6-10(8-13-7-9)12(14)11-4-2-3-5-17(11,15)16/h6-8,11H,2-5H2,1H3. The molecule has 1 aromatic heterocycles. The molecule has 5 heteroatoms. The van der Waals surface area contributed by atoms with Gasteiger partial charge in [0.15, 0.2) is 15.6 Å². The van der Waals surface area contributed by atoms with Crippen LogP contribution in [0.4, 0.5) is 0 Å². The van der Waals surface area contributed by atoms with E-state index in [1.165, 1.54) is 6.20 Å². The number of hydrogen-bond acceptors (Lipinski definition) is 4. The number of rotatable bonds is 2. The Labute approximate surface area is 101 Å². The fraction of sp³-hybridized carbons (Fsp3) is 0.500. The number of carbonyl (C=O) groups is 1. The highest BCUT2D eigenvalue weighted by Crippen LogP contribution is 2.23. The van der Waals surface area contributed by atoms with Crippen LogP contribution in [0.25, 0.3) is 0 Å². The zero-order chi connectivity index (χ0) is 12.5. The van der Waals surface area contributed by atoms with Gasteiger partial charge in [-0.3, -0.25) is 9.78 Å². The normalized spacial score (nSPS) is 23.2. The topological polar surface area (TPSA) is 64.1 Å². The Bertz CT molecular complexity index is 536. The van der Waals surface area contributed by atoms with Gasteiger partial charge in [-0.25, -0.2) is 8.42 Å². The lowest BCUT2D eigenvalue weighted by molar-refractivity contribution is 0.0981. The molecule has 1 aliphatic heterocycles. The average Bonchev–Trinajstić information content (AvgIpc) is 2.27. The highest BCUT2D eigenvalue weighted by atomic mass is 32.2. The van der Waals surface area contributed by atoms with Crippen LogP contribution in [0, 0.1) is 6.92 Å². The molecule has 4 nitrogen and oxygen atoms in total. The molecule has 1 fully saturated rings. The highest BCUT2D eigenvalue weighted by molar-refractivity contribution is 7.92. The van der Waals surface area contributed by atoms with Gasteiger partial charge in [-0.1, -0.05) is 6.42 Å². The fourth-order valence-corrected chi connectivity index (χ4v) is 4.00. The molecule has 1 atom stereocenters. The van der Waals surface area contributed by atoms with Crippen molar-refractivity contribution in [3.8, 4) is 0 Å². The minimum Gasteiger partial charge on any atom is -0.293 e. The number of nitrogens with zero attached hydrogens (tertiary/aromatic N) is 1. The van der Waals surface area contributed by atoms with Gasteiger partial charge in [-0.05, 0) is 31.4 Å². The Balaban J connectivity index is 2.31. The van der Waals surface area contributed by atoms with Gasteiger partial charge in [0.1, 0.15) is 5.25 Å². The fourth-order valence-electron chi connectivity index (χ4n) is 2.12. The molecule has 0 saturated carbocycles. The van der Waals surface area contributed by atoms with E-state index in [9.17, 15) is 13.2 Å². The molecule has 0 spiro atoms. The van der Waals surface area contributed by atoms with Crippen molar-refractivity contribution >= 4 is 15.6 Å². The Hall–Kier alpha value is -1.23. The zero-order valence-corrected chi connectivity index (χ0v) is 10.5. The van der Waals surface area contributed by atoms with Crippen molar-refractivity contribution in [3.05, 3.63) is 29.6 Å². The number of Topliss-reactive ketones (excluding diaryl/α,β-unsaturated/α-hetero) is 1. The third-order valence-corrected chi connectivity index (χ3v) is 5.21. The summed E-state index contributed by atoms with van der Waals surface area (Å²) < 4.78 is 23.7. The number of sulfone groups is 1. The SMILES string of the molecule is Cc1cncc(C(=O)C2CCCCS2(=O)=O)c1. The maximum Gasteiger partial charge on any atom is 0.182 e. The molecule has 0 N–H and O–H groups in total. The molecule has 0 aromatic carbocycles. The van der Waals surface area contributed by atoms with Crippen LogP contribution in [0.1, 0.15) is 35.2 Å². The number of aromatic nitrogens is 1. The minimum atomic E-state index is -3.26. The molecule has 0 bridgehead atoms. The second-order valence-electron chi connectivity index (χ2n) is 4.47. The molecule has 1 aromatic rings. The van der Waals surface area contributed by atoms with E-state index in [4.69, 9.17) is 0 Å². The quantitative estimate of drug-likeness (QED) is 0.750. The van der Waals surface area contributed by atoms with E-state index in [1.807, 2.05) is 6.92 Å². The highest BCUT2D eigenvalue weighted by Gasteiger charge is 2.35. The first-order chi connectivity index (χ1) is 8.00. The van der Waals surface area contributed by atoms with E-state index in [1.54, 1.807) is 12.3 Å². The van der Waals surface area contributed by atoms with Crippen molar-refractivity contribution in [2.24, 2.45) is 0 Å². The molecule has 1 saturated heterocycles. The second kappa shape index (κ2) is 4.56. The van der Waals surface area contributed by atoms with Gasteiger partial charge in [-0.2, -0.15) is 0 Å². The van der Waals surface area contributed by atoms with Crippen LogP contribution in [0.3, 0.4) is 0 Å². The molecule has 2 heterocycles. The van der Waals surface area contributed by atoms with E-state index in [2.05, 4.69) is 4.98 Å². The molecular weight excluding hydrogens is 238 g/mol. The summed E-state index contributed by atoms with van der Waals surface area (Å²) in [5.41, 5.74) is 1.27. The van der Waals surface area contributed by atoms with E-state index < -0.39 is 15.1 Å². The van der Waals surface area contributed by atoms with Crippen molar-refractivity contribution in [2.75, 3.05) is 5.75 Å². The maximum absolute atomic E-state index is 12.1. The summed E-state index contributed by atoms with van der Waals surface area (Å²) in [5, 5.41) is -0.861. The Morgan fingerprint density at radius 2 is 2.12 bits per heavy atom. The van der Waals surface area contributed by atoms with Gasteiger partial charge < -0.3 is 0 Å². The third kappa shape index (κ3) is 2.54. The van der Waals surface area contributed by atoms with Crippen molar-refractivity contribution in [1.29, 1.82) is 0 Å². The Morgan fingerprint density at radius 1 is 1.35 bits per heavy atom. The Kier molecular flexibility index (Phi) is 3.28. The number of aryl methyl sites for hydroxylation is 1. The largest absolute Gasteiger partial charge is 0.293 e. The number of carbonyl (C=O) groups excluding carboxylic acids is 1. The van der Waals surface area contributed by atoms with Crippen molar-refractivity contribution < 1.29 is 13.2 Å². The van der Waals surface area contributed by atoms with E-state index in [-0.39, 0.29) is 11.5 Å². The lowest BCUT2D eigenvalue weighted by Gasteiger charge is -2.20. The lowest BCUT2D eigenvalue weighted by atomic mass is 10.0. The summed E-state index contributed by atoms with van der Waals surface area (Å²) >= 11 is 0. The first-order valence-corrected chi connectivity index (χ1v) is 7.40. The van der Waals surface area contributed by atoms with Crippen LogP contribution in [0.15, 0.2) is 18.5 Å². The van der Waals surface area contributed by atoms with Crippen LogP contribution in [0.2, 0.25) is 0 Å². The summed E-state index contributed by atoms with van der Waals surface area (Å²) in [6, 6.07) is 1.69. The predicted octanol–water partition coefficient (Wildman–Crippen LogP) is 1.54. The van der Waals surface area contributed by atoms with Crippen LogP contribution in [-0.4, -0.2) is 30.2 Å². The summed E-state index contributed by atoms with van der Waals surface area (Å²) in [4.78, 5) is 16.1. The van der Waals surface area contributed by atoms with E-state index >= 15 is 0 Å². The Morgan fingerprint density at radius 3 is 2.76 bits per heavy atom. The van der Waals surface area contributed by atoms with Crippen molar-refractivity contribution in [1.82, 2.24) is 4.98 Å². The molecule has 17 heavy (non-hydrogen) atoms. The summed E-state index contributed by atoms with van der Waals surface area (Å²) in [7, 11) is -3.26. The first-order valence-electron chi connectivity index (χ1n) is 5.68. The molecule has 2 rings (SSSR count). The number of pyridine rings is 1. The third-order valence-electron chi connectivity index (χ3n) is 3.03. The molecule has 0 radical (unpaired) electrons. The van der Waals surface area contributed by atoms with Crippen LogP contribution < -0.4 is 0 Å². The second-order valence-corrected chi connectivity index (χ2v) is 6.77. The summed E-state index contributed by atoms with van der Waals surface area (Å²) in [6.45, 7) is 1.83. The lowest BCUT2D eigenvalue weighted by Crippen LogP contribution is -2.35. The van der Waals surface area contributed by atoms with Crippen LogP contribution in [0.5, 0.6) is 0 Å². The van der Waals surface area contributed by atoms with Gasteiger partial charge in [0.25, 0.3) is 0 Å². The van der Waals surface area contributed by atoms with E-state index in [0.717, 1.165) is 12.0 Å². The molecule has 92 valence electrons. The summed E-state index contributed by atoms with van der Waals surface area (Å²) in [6.07, 6.45) is 4.99. The van der Waals surface area contributed by atoms with Crippen molar-refractivity contribution in [2.45, 2.75) is 31.4 Å². The van der Waals surface area contributed by atoms with Crippen molar-refractivity contribution in [3.63, 3.8) is 0 Å². The predicted molar refractivity (Wildman–Crippen MR) is 64.7 cm³/mol. The molecular formula is C12H15NO3S. The molecule has 1 aliphatic rings. The molecule has 1 unspecified atom stereocenters. The van der Waals surface area contributed by atoms with Crippen LogP contribution in [-0.2, 0) is 9.84 Å². The van der Waals surface area contributed by atoms with Gasteiger partial charge in [0, 0.05) is 18.0 Å². The van der Waals surface area contributed by atoms with Gasteiger partial charge in [0.05, 0.1) is 5.75 Å².